The minimum atomic E-state index is -4.57. The van der Waals surface area contributed by atoms with E-state index in [9.17, 15) is 9.36 Å². The summed E-state index contributed by atoms with van der Waals surface area (Å²) >= 11 is 0. The van der Waals surface area contributed by atoms with Crippen LogP contribution in [0.5, 0.6) is 0 Å². The normalized spacial score (nSPS) is 24.3. The molecular formula is C15H28NO6PSi. The lowest BCUT2D eigenvalue weighted by molar-refractivity contribution is -0.137. The Labute approximate surface area is 144 Å². The minimum absolute atomic E-state index is 0.0361. The third kappa shape index (κ3) is 5.69. The fourth-order valence-corrected chi connectivity index (χ4v) is 4.05. The molecule has 1 saturated heterocycles. The average molecular weight is 377 g/mol. The molecule has 138 valence electrons. The molecule has 1 unspecified atom stereocenters. The first-order valence-electron chi connectivity index (χ1n) is 7.87. The van der Waals surface area contributed by atoms with Crippen molar-refractivity contribution in [2.45, 2.75) is 71.0 Å². The monoisotopic (exact) mass is 377 g/mol. The van der Waals surface area contributed by atoms with E-state index in [2.05, 4.69) is 55.5 Å². The van der Waals surface area contributed by atoms with Crippen molar-refractivity contribution in [2.24, 2.45) is 5.92 Å². The topological polar surface area (TPSA) is 105 Å². The highest BCUT2D eigenvalue weighted by Crippen LogP contribution is 2.39. The van der Waals surface area contributed by atoms with E-state index in [1.807, 2.05) is 6.92 Å². The van der Waals surface area contributed by atoms with Gasteiger partial charge in [0.15, 0.2) is 8.32 Å². The zero-order chi connectivity index (χ0) is 18.9. The summed E-state index contributed by atoms with van der Waals surface area (Å²) in [7, 11) is -6.58. The lowest BCUT2D eigenvalue weighted by Gasteiger charge is -2.44. The summed E-state index contributed by atoms with van der Waals surface area (Å²) in [6, 6.07) is -0.403. The second-order valence-corrected chi connectivity index (χ2v) is 13.6. The first kappa shape index (κ1) is 21.4. The van der Waals surface area contributed by atoms with E-state index in [-0.39, 0.29) is 17.0 Å². The number of nitrogens with one attached hydrogen (secondary N) is 1. The lowest BCUT2D eigenvalue weighted by Crippen LogP contribution is -2.63. The Bertz CT molecular complexity index is 585. The number of rotatable bonds is 5. The Morgan fingerprint density at radius 2 is 1.83 bits per heavy atom. The number of hydrogen-bond donors (Lipinski definition) is 3. The molecule has 0 radical (unpaired) electrons. The first-order chi connectivity index (χ1) is 10.6. The maximum absolute atomic E-state index is 11.9. The van der Waals surface area contributed by atoms with Crippen LogP contribution in [0.25, 0.3) is 0 Å². The Balaban J connectivity index is 2.75. The Morgan fingerprint density at radius 3 is 2.25 bits per heavy atom. The molecule has 0 spiro atoms. The van der Waals surface area contributed by atoms with Crippen LogP contribution in [0.1, 0.15) is 34.6 Å². The van der Waals surface area contributed by atoms with E-state index >= 15 is 0 Å². The van der Waals surface area contributed by atoms with E-state index < -0.39 is 34.2 Å². The van der Waals surface area contributed by atoms with E-state index in [4.69, 9.17) is 14.2 Å². The van der Waals surface area contributed by atoms with Gasteiger partial charge in [0.1, 0.15) is 12.1 Å². The van der Waals surface area contributed by atoms with E-state index in [0.717, 1.165) is 0 Å². The molecular weight excluding hydrogens is 349 g/mol. The molecule has 1 aliphatic rings. The average Bonchev–Trinajstić information content (AvgIpc) is 2.29. The summed E-state index contributed by atoms with van der Waals surface area (Å²) in [5, 5.41) is 2.73. The molecule has 7 nitrogen and oxygen atoms in total. The molecule has 9 heteroatoms. The maximum Gasteiger partial charge on any atom is 0.470 e. The highest BCUT2D eigenvalue weighted by molar-refractivity contribution is 7.46. The van der Waals surface area contributed by atoms with Crippen LogP contribution in [0.2, 0.25) is 18.1 Å². The van der Waals surface area contributed by atoms with Gasteiger partial charge in [-0.15, -0.1) is 0 Å². The van der Waals surface area contributed by atoms with Gasteiger partial charge in [-0.25, -0.2) is 4.57 Å². The zero-order valence-electron chi connectivity index (χ0n) is 15.3. The molecule has 0 aromatic heterocycles. The quantitative estimate of drug-likeness (QED) is 0.293. The molecule has 4 atom stereocenters. The van der Waals surface area contributed by atoms with Gasteiger partial charge < -0.3 is 19.5 Å². The predicted octanol–water partition coefficient (Wildman–Crippen LogP) is 2.01. The third-order valence-corrected chi connectivity index (χ3v) is 9.65. The maximum atomic E-state index is 11.9. The van der Waals surface area contributed by atoms with E-state index in [1.165, 1.54) is 6.92 Å². The van der Waals surface area contributed by atoms with Crippen LogP contribution in [0.4, 0.5) is 0 Å². The molecule has 0 bridgehead atoms. The molecule has 0 aromatic carbocycles. The Morgan fingerprint density at radius 1 is 1.29 bits per heavy atom. The van der Waals surface area contributed by atoms with Crippen LogP contribution in [-0.2, 0) is 18.3 Å². The molecule has 0 aromatic rings. The van der Waals surface area contributed by atoms with Crippen molar-refractivity contribution in [3.05, 3.63) is 0 Å². The molecule has 1 heterocycles. The second kappa shape index (κ2) is 7.28. The summed E-state index contributed by atoms with van der Waals surface area (Å²) in [6.07, 6.45) is -1.21. The smallest absolute Gasteiger partial charge is 0.413 e. The van der Waals surface area contributed by atoms with Crippen LogP contribution >= 0.6 is 7.82 Å². The van der Waals surface area contributed by atoms with Crippen LogP contribution in [0.3, 0.4) is 0 Å². The molecule has 1 rings (SSSR count). The molecule has 0 aliphatic carbocycles. The number of carbonyl (C=O) groups excluding carboxylic acids is 1. The van der Waals surface area contributed by atoms with Crippen molar-refractivity contribution in [3.63, 3.8) is 0 Å². The minimum Gasteiger partial charge on any atom is -0.413 e. The highest BCUT2D eigenvalue weighted by atomic mass is 31.2. The standard InChI is InChI=1S/C15H28NO6PSi/c1-10(21-23(18,19)20)8-9-12-13(14(17)16-12)11(2)22-24(6,7)15(3,4)5/h10-13H,1-7H3,(H,16,17)(H2,18,19,20)/t10?,11-,12+,13-/m1/s1. The van der Waals surface area contributed by atoms with Crippen LogP contribution in [-0.4, -0.2) is 42.3 Å². The lowest BCUT2D eigenvalue weighted by atomic mass is 9.86. The van der Waals surface area contributed by atoms with Crippen molar-refractivity contribution in [1.29, 1.82) is 0 Å². The number of hydrogen-bond acceptors (Lipinski definition) is 4. The number of carbonyl (C=O) groups is 1. The fraction of sp³-hybridized carbons (Fsp3) is 0.800. The molecule has 1 fully saturated rings. The first-order valence-corrected chi connectivity index (χ1v) is 12.3. The summed E-state index contributed by atoms with van der Waals surface area (Å²) in [5.41, 5.74) is 0. The Hall–Kier alpha value is -0.683. The van der Waals surface area contributed by atoms with Gasteiger partial charge in [-0.2, -0.15) is 0 Å². The van der Waals surface area contributed by atoms with E-state index in [0.29, 0.717) is 0 Å². The number of amides is 1. The predicted molar refractivity (Wildman–Crippen MR) is 93.5 cm³/mol. The summed E-state index contributed by atoms with van der Waals surface area (Å²) in [5.74, 6) is 4.91. The van der Waals surface area contributed by atoms with Crippen LogP contribution < -0.4 is 5.32 Å². The Kier molecular flexibility index (Phi) is 6.48. The van der Waals surface area contributed by atoms with E-state index in [1.54, 1.807) is 0 Å². The van der Waals surface area contributed by atoms with Gasteiger partial charge in [-0.3, -0.25) is 9.32 Å². The van der Waals surface area contributed by atoms with Crippen LogP contribution in [0.15, 0.2) is 0 Å². The van der Waals surface area contributed by atoms with Gasteiger partial charge in [0, 0.05) is 0 Å². The molecule has 0 saturated carbocycles. The van der Waals surface area contributed by atoms with Crippen molar-refractivity contribution in [3.8, 4) is 11.8 Å². The molecule has 1 aliphatic heterocycles. The number of phosphoric acid groups is 1. The van der Waals surface area contributed by atoms with Crippen molar-refractivity contribution >= 4 is 22.0 Å². The van der Waals surface area contributed by atoms with Gasteiger partial charge in [0.05, 0.1) is 12.0 Å². The van der Waals surface area contributed by atoms with Crippen molar-refractivity contribution in [1.82, 2.24) is 5.32 Å². The summed E-state index contributed by atoms with van der Waals surface area (Å²) < 4.78 is 21.5. The molecule has 24 heavy (non-hydrogen) atoms. The van der Waals surface area contributed by atoms with Gasteiger partial charge >= 0.3 is 7.82 Å². The SMILES string of the molecule is CC(C#C[C@@H]1NC(=O)[C@@H]1[C@@H](C)O[Si](C)(C)C(C)(C)C)OP(=O)(O)O. The molecule has 1 amide bonds. The van der Waals surface area contributed by atoms with Crippen LogP contribution in [0, 0.1) is 17.8 Å². The number of β-lactam (4-membered cyclic amide) rings is 1. The third-order valence-electron chi connectivity index (χ3n) is 4.49. The summed E-state index contributed by atoms with van der Waals surface area (Å²) in [4.78, 5) is 29.4. The highest BCUT2D eigenvalue weighted by Gasteiger charge is 2.47. The summed E-state index contributed by atoms with van der Waals surface area (Å²) in [6.45, 7) is 13.9. The van der Waals surface area contributed by atoms with Crippen molar-refractivity contribution < 1.29 is 28.1 Å². The van der Waals surface area contributed by atoms with Gasteiger partial charge in [-0.05, 0) is 32.0 Å². The van der Waals surface area contributed by atoms with Gasteiger partial charge in [0.25, 0.3) is 0 Å². The van der Waals surface area contributed by atoms with Gasteiger partial charge in [0.2, 0.25) is 5.91 Å². The second-order valence-electron chi connectivity index (χ2n) is 7.62. The number of phosphoric ester groups is 1. The largest absolute Gasteiger partial charge is 0.470 e. The fourth-order valence-electron chi connectivity index (χ4n) is 2.16. The zero-order valence-corrected chi connectivity index (χ0v) is 17.2. The van der Waals surface area contributed by atoms with Gasteiger partial charge in [-0.1, -0.05) is 32.6 Å². The molecule has 3 N–H and O–H groups in total. The van der Waals surface area contributed by atoms with Crippen molar-refractivity contribution in [2.75, 3.05) is 0 Å².